The topological polar surface area (TPSA) is 67.0 Å². The Labute approximate surface area is 76.5 Å². The van der Waals surface area contributed by atoms with Gasteiger partial charge in [-0.15, -0.1) is 0 Å². The highest BCUT2D eigenvalue weighted by atomic mass is 16.5. The summed E-state index contributed by atoms with van der Waals surface area (Å²) in [6.07, 6.45) is 3.84. The second-order valence-electron chi connectivity index (χ2n) is 2.54. The lowest BCUT2D eigenvalue weighted by Gasteiger charge is -2.00. The smallest absolute Gasteiger partial charge is 0.306 e. The molecule has 5 heteroatoms. The second-order valence-corrected chi connectivity index (χ2v) is 2.54. The highest BCUT2D eigenvalue weighted by Crippen LogP contribution is 1.87. The SMILES string of the molecule is COC(=O)CCNCc1ncc[nH]1. The number of esters is 1. The zero-order chi connectivity index (χ0) is 9.52. The van der Waals surface area contributed by atoms with Crippen LogP contribution in [-0.2, 0) is 16.1 Å². The van der Waals surface area contributed by atoms with Gasteiger partial charge >= 0.3 is 5.97 Å². The number of H-pyrrole nitrogens is 1. The molecule has 0 aliphatic rings. The number of carbonyl (C=O) groups excluding carboxylic acids is 1. The molecule has 0 aliphatic carbocycles. The molecule has 0 radical (unpaired) electrons. The highest BCUT2D eigenvalue weighted by molar-refractivity contribution is 5.69. The van der Waals surface area contributed by atoms with E-state index in [0.29, 0.717) is 19.5 Å². The van der Waals surface area contributed by atoms with E-state index < -0.39 is 0 Å². The number of imidazole rings is 1. The van der Waals surface area contributed by atoms with E-state index in [2.05, 4.69) is 20.0 Å². The van der Waals surface area contributed by atoms with Crippen LogP contribution in [0.5, 0.6) is 0 Å². The van der Waals surface area contributed by atoms with Gasteiger partial charge in [0.1, 0.15) is 5.82 Å². The molecule has 13 heavy (non-hydrogen) atoms. The van der Waals surface area contributed by atoms with Crippen molar-refractivity contribution in [3.63, 3.8) is 0 Å². The summed E-state index contributed by atoms with van der Waals surface area (Å²) in [5.74, 6) is 0.664. The number of rotatable bonds is 5. The summed E-state index contributed by atoms with van der Waals surface area (Å²) in [6, 6.07) is 0. The quantitative estimate of drug-likeness (QED) is 0.500. The van der Waals surface area contributed by atoms with Gasteiger partial charge in [-0.25, -0.2) is 4.98 Å². The molecule has 1 aromatic rings. The predicted octanol–water partition coefficient (Wildman–Crippen LogP) is 0.0624. The maximum atomic E-state index is 10.7. The third-order valence-corrected chi connectivity index (χ3v) is 1.58. The number of nitrogens with zero attached hydrogens (tertiary/aromatic N) is 1. The minimum absolute atomic E-state index is 0.202. The maximum Gasteiger partial charge on any atom is 0.306 e. The summed E-state index contributed by atoms with van der Waals surface area (Å²) >= 11 is 0. The monoisotopic (exact) mass is 183 g/mol. The van der Waals surface area contributed by atoms with Gasteiger partial charge in [0, 0.05) is 18.9 Å². The Balaban J connectivity index is 2.05. The fraction of sp³-hybridized carbons (Fsp3) is 0.500. The van der Waals surface area contributed by atoms with Gasteiger partial charge in [0.2, 0.25) is 0 Å². The minimum atomic E-state index is -0.202. The van der Waals surface area contributed by atoms with Crippen LogP contribution < -0.4 is 5.32 Å². The van der Waals surface area contributed by atoms with E-state index in [9.17, 15) is 4.79 Å². The number of carbonyl (C=O) groups is 1. The lowest BCUT2D eigenvalue weighted by atomic mass is 10.4. The van der Waals surface area contributed by atoms with Crippen molar-refractivity contribution in [2.24, 2.45) is 0 Å². The molecule has 0 spiro atoms. The fourth-order valence-corrected chi connectivity index (χ4v) is 0.894. The average Bonchev–Trinajstić information content (AvgIpc) is 2.64. The van der Waals surface area contributed by atoms with Crippen LogP contribution in [0.3, 0.4) is 0 Å². The second kappa shape index (κ2) is 5.31. The molecule has 1 rings (SSSR count). The summed E-state index contributed by atoms with van der Waals surface area (Å²) < 4.78 is 4.49. The molecule has 0 saturated heterocycles. The molecule has 0 fully saturated rings. The number of nitrogens with one attached hydrogen (secondary N) is 2. The van der Waals surface area contributed by atoms with Crippen molar-refractivity contribution in [3.8, 4) is 0 Å². The van der Waals surface area contributed by atoms with Crippen molar-refractivity contribution in [1.82, 2.24) is 15.3 Å². The van der Waals surface area contributed by atoms with Crippen LogP contribution in [0.15, 0.2) is 12.4 Å². The van der Waals surface area contributed by atoms with Gasteiger partial charge in [-0.1, -0.05) is 0 Å². The standard InChI is InChI=1S/C8H13N3O2/c1-13-8(12)2-3-9-6-7-10-4-5-11-7/h4-5,9H,2-3,6H2,1H3,(H,10,11). The van der Waals surface area contributed by atoms with Gasteiger partial charge in [0.15, 0.2) is 0 Å². The average molecular weight is 183 g/mol. The van der Waals surface area contributed by atoms with Crippen molar-refractivity contribution in [3.05, 3.63) is 18.2 Å². The third-order valence-electron chi connectivity index (χ3n) is 1.58. The Morgan fingerprint density at radius 3 is 3.23 bits per heavy atom. The van der Waals surface area contributed by atoms with Crippen LogP contribution in [0, 0.1) is 0 Å². The van der Waals surface area contributed by atoms with E-state index in [0.717, 1.165) is 5.82 Å². The van der Waals surface area contributed by atoms with Crippen LogP contribution >= 0.6 is 0 Å². The number of aromatic amines is 1. The minimum Gasteiger partial charge on any atom is -0.469 e. The van der Waals surface area contributed by atoms with Crippen LogP contribution in [0.4, 0.5) is 0 Å². The van der Waals surface area contributed by atoms with Crippen LogP contribution in [0.2, 0.25) is 0 Å². The number of hydrogen-bond acceptors (Lipinski definition) is 4. The zero-order valence-corrected chi connectivity index (χ0v) is 7.54. The van der Waals surface area contributed by atoms with Crippen molar-refractivity contribution < 1.29 is 9.53 Å². The zero-order valence-electron chi connectivity index (χ0n) is 7.54. The molecule has 1 aromatic heterocycles. The number of hydrogen-bond donors (Lipinski definition) is 2. The van der Waals surface area contributed by atoms with E-state index in [1.165, 1.54) is 7.11 Å². The first kappa shape index (κ1) is 9.73. The molecule has 0 atom stereocenters. The molecule has 0 saturated carbocycles. The molecule has 0 unspecified atom stereocenters. The van der Waals surface area contributed by atoms with Crippen molar-refractivity contribution in [1.29, 1.82) is 0 Å². The highest BCUT2D eigenvalue weighted by Gasteiger charge is 1.99. The Morgan fingerprint density at radius 1 is 1.77 bits per heavy atom. The van der Waals surface area contributed by atoms with Gasteiger partial charge in [-0.3, -0.25) is 4.79 Å². The van der Waals surface area contributed by atoms with Gasteiger partial charge in [-0.2, -0.15) is 0 Å². The van der Waals surface area contributed by atoms with E-state index in [-0.39, 0.29) is 5.97 Å². The normalized spacial score (nSPS) is 9.92. The first-order valence-corrected chi connectivity index (χ1v) is 4.08. The van der Waals surface area contributed by atoms with Crippen molar-refractivity contribution in [2.45, 2.75) is 13.0 Å². The molecule has 0 bridgehead atoms. The largest absolute Gasteiger partial charge is 0.469 e. The molecule has 0 amide bonds. The number of aromatic nitrogens is 2. The Kier molecular flexibility index (Phi) is 3.98. The van der Waals surface area contributed by atoms with Crippen LogP contribution in [-0.4, -0.2) is 29.6 Å². The van der Waals surface area contributed by atoms with Gasteiger partial charge in [0.05, 0.1) is 20.1 Å². The molecular weight excluding hydrogens is 170 g/mol. The molecule has 0 aliphatic heterocycles. The molecule has 72 valence electrons. The molecular formula is C8H13N3O2. The fourth-order valence-electron chi connectivity index (χ4n) is 0.894. The predicted molar refractivity (Wildman–Crippen MR) is 46.9 cm³/mol. The van der Waals surface area contributed by atoms with E-state index in [4.69, 9.17) is 0 Å². The number of ether oxygens (including phenoxy) is 1. The summed E-state index contributed by atoms with van der Waals surface area (Å²) in [5.41, 5.74) is 0. The molecule has 2 N–H and O–H groups in total. The van der Waals surface area contributed by atoms with E-state index in [1.54, 1.807) is 12.4 Å². The summed E-state index contributed by atoms with van der Waals surface area (Å²) in [5, 5.41) is 3.06. The number of methoxy groups -OCH3 is 1. The molecule has 0 aromatic carbocycles. The Morgan fingerprint density at radius 2 is 2.62 bits per heavy atom. The third kappa shape index (κ3) is 3.71. The van der Waals surface area contributed by atoms with Crippen LogP contribution in [0.25, 0.3) is 0 Å². The van der Waals surface area contributed by atoms with Gasteiger partial charge in [-0.05, 0) is 0 Å². The van der Waals surface area contributed by atoms with Crippen molar-refractivity contribution in [2.75, 3.05) is 13.7 Å². The first-order valence-electron chi connectivity index (χ1n) is 4.08. The van der Waals surface area contributed by atoms with Crippen LogP contribution in [0.1, 0.15) is 12.2 Å². The van der Waals surface area contributed by atoms with Gasteiger partial charge in [0.25, 0.3) is 0 Å². The lowest BCUT2D eigenvalue weighted by molar-refractivity contribution is -0.140. The first-order chi connectivity index (χ1) is 6.33. The molecule has 1 heterocycles. The lowest BCUT2D eigenvalue weighted by Crippen LogP contribution is -2.19. The van der Waals surface area contributed by atoms with Gasteiger partial charge < -0.3 is 15.0 Å². The Bertz CT molecular complexity index is 246. The maximum absolute atomic E-state index is 10.7. The van der Waals surface area contributed by atoms with E-state index in [1.807, 2.05) is 0 Å². The Hall–Kier alpha value is -1.36. The van der Waals surface area contributed by atoms with E-state index >= 15 is 0 Å². The molecule has 5 nitrogen and oxygen atoms in total. The summed E-state index contributed by atoms with van der Waals surface area (Å²) in [4.78, 5) is 17.7. The summed E-state index contributed by atoms with van der Waals surface area (Å²) in [7, 11) is 1.38. The summed E-state index contributed by atoms with van der Waals surface area (Å²) in [6.45, 7) is 1.25. The van der Waals surface area contributed by atoms with Crippen molar-refractivity contribution >= 4 is 5.97 Å².